The van der Waals surface area contributed by atoms with Crippen LogP contribution in [-0.4, -0.2) is 12.5 Å². The monoisotopic (exact) mass is 478 g/mol. The molecule has 0 saturated carbocycles. The van der Waals surface area contributed by atoms with E-state index < -0.39 is 5.91 Å². The summed E-state index contributed by atoms with van der Waals surface area (Å²) in [5.41, 5.74) is 5.09. The number of amides is 1. The van der Waals surface area contributed by atoms with E-state index in [1.807, 2.05) is 69.3 Å². The summed E-state index contributed by atoms with van der Waals surface area (Å²) in [6, 6.07) is 18.6. The first-order valence-corrected chi connectivity index (χ1v) is 11.3. The van der Waals surface area contributed by atoms with Crippen molar-refractivity contribution in [3.05, 3.63) is 98.0 Å². The lowest BCUT2D eigenvalue weighted by Crippen LogP contribution is -2.13. The van der Waals surface area contributed by atoms with Gasteiger partial charge in [-0.15, -0.1) is 0 Å². The van der Waals surface area contributed by atoms with Gasteiger partial charge >= 0.3 is 0 Å². The van der Waals surface area contributed by atoms with Crippen molar-refractivity contribution in [2.75, 3.05) is 11.9 Å². The van der Waals surface area contributed by atoms with E-state index >= 15 is 0 Å². The number of carbonyl (C=O) groups excluding carboxylic acids is 1. The fourth-order valence-electron chi connectivity index (χ4n) is 3.34. The van der Waals surface area contributed by atoms with Gasteiger partial charge in [-0.3, -0.25) is 4.79 Å². The second kappa shape index (κ2) is 11.0. The molecular weight excluding hydrogens is 455 g/mol. The maximum atomic E-state index is 12.7. The Morgan fingerprint density at radius 1 is 1.06 bits per heavy atom. The minimum absolute atomic E-state index is 0.0365. The van der Waals surface area contributed by atoms with E-state index in [2.05, 4.69) is 5.32 Å². The molecule has 0 heterocycles. The van der Waals surface area contributed by atoms with Crippen LogP contribution in [0.15, 0.2) is 60.2 Å². The van der Waals surface area contributed by atoms with Crippen molar-refractivity contribution in [1.29, 1.82) is 5.26 Å². The van der Waals surface area contributed by atoms with Gasteiger partial charge in [0.25, 0.3) is 5.91 Å². The maximum absolute atomic E-state index is 12.7. The van der Waals surface area contributed by atoms with E-state index in [4.69, 9.17) is 27.9 Å². The molecule has 0 saturated heterocycles. The first kappa shape index (κ1) is 24.4. The SMILES string of the molecule is CCOc1cc(/C=C(\C#N)C(=O)Nc2ccc(C)c(C)c2)cc(Cl)c1Cc1ccccc1Cl. The van der Waals surface area contributed by atoms with Crippen LogP contribution in [-0.2, 0) is 11.2 Å². The summed E-state index contributed by atoms with van der Waals surface area (Å²) in [6.07, 6.45) is 2.00. The molecule has 1 amide bonds. The lowest BCUT2D eigenvalue weighted by atomic mass is 10.0. The molecule has 33 heavy (non-hydrogen) atoms. The third-order valence-electron chi connectivity index (χ3n) is 5.24. The van der Waals surface area contributed by atoms with Crippen LogP contribution in [0.2, 0.25) is 10.0 Å². The van der Waals surface area contributed by atoms with E-state index in [0.29, 0.717) is 40.1 Å². The zero-order valence-electron chi connectivity index (χ0n) is 18.7. The second-order valence-electron chi connectivity index (χ2n) is 7.60. The molecule has 168 valence electrons. The highest BCUT2D eigenvalue weighted by Gasteiger charge is 2.15. The quantitative estimate of drug-likeness (QED) is 0.289. The predicted octanol–water partition coefficient (Wildman–Crippen LogP) is 7.15. The molecule has 0 aliphatic carbocycles. The maximum Gasteiger partial charge on any atom is 0.266 e. The summed E-state index contributed by atoms with van der Waals surface area (Å²) in [4.78, 5) is 12.7. The lowest BCUT2D eigenvalue weighted by molar-refractivity contribution is -0.112. The number of ether oxygens (including phenoxy) is 1. The molecule has 0 fully saturated rings. The Morgan fingerprint density at radius 2 is 1.82 bits per heavy atom. The number of aryl methyl sites for hydroxylation is 2. The standard InChI is InChI=1S/C27H24Cl2N2O2/c1-4-33-26-14-19(13-25(29)23(26)15-20-7-5-6-8-24(20)28)12-21(16-30)27(32)31-22-10-9-17(2)18(3)11-22/h5-14H,4,15H2,1-3H3,(H,31,32)/b21-12+. The van der Waals surface area contributed by atoms with E-state index in [-0.39, 0.29) is 5.57 Å². The van der Waals surface area contributed by atoms with Gasteiger partial charge in [0.05, 0.1) is 6.61 Å². The molecule has 3 aromatic carbocycles. The Morgan fingerprint density at radius 3 is 2.48 bits per heavy atom. The van der Waals surface area contributed by atoms with Gasteiger partial charge in [0.15, 0.2) is 0 Å². The number of anilines is 1. The van der Waals surface area contributed by atoms with Crippen LogP contribution >= 0.6 is 23.2 Å². The highest BCUT2D eigenvalue weighted by molar-refractivity contribution is 6.32. The number of halogens is 2. The number of nitrogens with one attached hydrogen (secondary N) is 1. The normalized spacial score (nSPS) is 11.1. The molecule has 0 aliphatic rings. The number of benzene rings is 3. The smallest absolute Gasteiger partial charge is 0.266 e. The van der Waals surface area contributed by atoms with Crippen LogP contribution in [0.5, 0.6) is 5.75 Å². The zero-order valence-corrected chi connectivity index (χ0v) is 20.2. The van der Waals surface area contributed by atoms with Crippen molar-refractivity contribution in [1.82, 2.24) is 0 Å². The van der Waals surface area contributed by atoms with Gasteiger partial charge in [0.2, 0.25) is 0 Å². The van der Waals surface area contributed by atoms with Gasteiger partial charge in [0, 0.05) is 27.7 Å². The van der Waals surface area contributed by atoms with Crippen LogP contribution in [0.3, 0.4) is 0 Å². The number of hydrogen-bond acceptors (Lipinski definition) is 3. The third-order valence-corrected chi connectivity index (χ3v) is 5.95. The van der Waals surface area contributed by atoms with Crippen molar-refractivity contribution in [3.63, 3.8) is 0 Å². The molecule has 3 aromatic rings. The average Bonchev–Trinajstić information content (AvgIpc) is 2.78. The Labute approximate surface area is 204 Å². The molecule has 0 unspecified atom stereocenters. The van der Waals surface area contributed by atoms with Crippen molar-refractivity contribution in [2.45, 2.75) is 27.2 Å². The fourth-order valence-corrected chi connectivity index (χ4v) is 3.82. The molecule has 6 heteroatoms. The van der Waals surface area contributed by atoms with Gasteiger partial charge < -0.3 is 10.1 Å². The Balaban J connectivity index is 1.92. The Kier molecular flexibility index (Phi) is 8.16. The van der Waals surface area contributed by atoms with Gasteiger partial charge in [0.1, 0.15) is 17.4 Å². The zero-order chi connectivity index (χ0) is 24.0. The van der Waals surface area contributed by atoms with Crippen molar-refractivity contribution < 1.29 is 9.53 Å². The fraction of sp³-hybridized carbons (Fsp3) is 0.185. The molecule has 0 atom stereocenters. The second-order valence-corrected chi connectivity index (χ2v) is 8.42. The average molecular weight is 479 g/mol. The topological polar surface area (TPSA) is 62.1 Å². The van der Waals surface area contributed by atoms with Gasteiger partial charge in [-0.2, -0.15) is 5.26 Å². The van der Waals surface area contributed by atoms with Crippen LogP contribution in [0.1, 0.15) is 34.7 Å². The summed E-state index contributed by atoms with van der Waals surface area (Å²) in [5, 5.41) is 13.5. The molecule has 0 radical (unpaired) electrons. The van der Waals surface area contributed by atoms with Crippen LogP contribution in [0.25, 0.3) is 6.08 Å². The summed E-state index contributed by atoms with van der Waals surface area (Å²) in [5.74, 6) is 0.0954. The largest absolute Gasteiger partial charge is 0.494 e. The summed E-state index contributed by atoms with van der Waals surface area (Å²) >= 11 is 12.9. The number of nitrogens with zero attached hydrogens (tertiary/aromatic N) is 1. The number of rotatable bonds is 7. The molecule has 0 spiro atoms. The number of hydrogen-bond donors (Lipinski definition) is 1. The molecule has 0 aliphatic heterocycles. The van der Waals surface area contributed by atoms with Crippen molar-refractivity contribution in [3.8, 4) is 11.8 Å². The van der Waals surface area contributed by atoms with Gasteiger partial charge in [-0.1, -0.05) is 47.5 Å². The molecule has 1 N–H and O–H groups in total. The van der Waals surface area contributed by atoms with Gasteiger partial charge in [-0.05, 0) is 79.4 Å². The minimum atomic E-state index is -0.491. The summed E-state index contributed by atoms with van der Waals surface area (Å²) in [6.45, 7) is 6.29. The van der Waals surface area contributed by atoms with Crippen LogP contribution < -0.4 is 10.1 Å². The van der Waals surface area contributed by atoms with Crippen LogP contribution in [0.4, 0.5) is 5.69 Å². The lowest BCUT2D eigenvalue weighted by Gasteiger charge is -2.14. The Hall–Kier alpha value is -3.26. The number of carbonyl (C=O) groups is 1. The van der Waals surface area contributed by atoms with Crippen molar-refractivity contribution >= 4 is 40.9 Å². The highest BCUT2D eigenvalue weighted by Crippen LogP contribution is 2.33. The molecular formula is C27H24Cl2N2O2. The van der Waals surface area contributed by atoms with E-state index in [9.17, 15) is 10.1 Å². The predicted molar refractivity (Wildman–Crippen MR) is 135 cm³/mol. The van der Waals surface area contributed by atoms with E-state index in [0.717, 1.165) is 22.3 Å². The summed E-state index contributed by atoms with van der Waals surface area (Å²) in [7, 11) is 0. The number of nitriles is 1. The molecule has 0 bridgehead atoms. The third kappa shape index (κ3) is 6.16. The molecule has 0 aromatic heterocycles. The first-order valence-electron chi connectivity index (χ1n) is 10.5. The van der Waals surface area contributed by atoms with Crippen LogP contribution in [0, 0.1) is 25.2 Å². The molecule has 3 rings (SSSR count). The summed E-state index contributed by atoms with van der Waals surface area (Å²) < 4.78 is 5.83. The van der Waals surface area contributed by atoms with Gasteiger partial charge in [-0.25, -0.2) is 0 Å². The minimum Gasteiger partial charge on any atom is -0.494 e. The van der Waals surface area contributed by atoms with E-state index in [1.54, 1.807) is 12.1 Å². The Bertz CT molecular complexity index is 1260. The first-order chi connectivity index (χ1) is 15.8. The highest BCUT2D eigenvalue weighted by atomic mass is 35.5. The molecule has 4 nitrogen and oxygen atoms in total. The van der Waals surface area contributed by atoms with Crippen molar-refractivity contribution in [2.24, 2.45) is 0 Å². The van der Waals surface area contributed by atoms with E-state index in [1.165, 1.54) is 6.08 Å².